The number of carbonyl (C=O) groups is 1. The predicted octanol–water partition coefficient (Wildman–Crippen LogP) is 1.79. The van der Waals surface area contributed by atoms with Gasteiger partial charge in [-0.15, -0.1) is 0 Å². The van der Waals surface area contributed by atoms with Crippen LogP contribution in [0.25, 0.3) is 0 Å². The van der Waals surface area contributed by atoms with Gasteiger partial charge in [0.25, 0.3) is 0 Å². The molecule has 90 valence electrons. The van der Waals surface area contributed by atoms with E-state index in [1.165, 1.54) is 12.5 Å². The normalized spacial score (nSPS) is 23.4. The van der Waals surface area contributed by atoms with Gasteiger partial charge in [0.2, 0.25) is 0 Å². The van der Waals surface area contributed by atoms with Crippen molar-refractivity contribution < 1.29 is 19.0 Å². The molecule has 0 radical (unpaired) electrons. The molecule has 2 fully saturated rings. The van der Waals surface area contributed by atoms with Crippen molar-refractivity contribution in [2.24, 2.45) is 0 Å². The molecule has 0 aromatic rings. The van der Waals surface area contributed by atoms with Crippen molar-refractivity contribution >= 4 is 5.97 Å². The fourth-order valence-corrected chi connectivity index (χ4v) is 2.22. The van der Waals surface area contributed by atoms with Crippen LogP contribution in [0.1, 0.15) is 32.6 Å². The molecule has 0 atom stereocenters. The maximum absolute atomic E-state index is 10.6. The van der Waals surface area contributed by atoms with Crippen molar-refractivity contribution in [2.45, 2.75) is 38.4 Å². The lowest BCUT2D eigenvalue weighted by molar-refractivity contribution is -0.171. The first kappa shape index (κ1) is 11.6. The van der Waals surface area contributed by atoms with Crippen LogP contribution in [-0.2, 0) is 19.0 Å². The van der Waals surface area contributed by atoms with Crippen LogP contribution < -0.4 is 0 Å². The summed E-state index contributed by atoms with van der Waals surface area (Å²) in [5.74, 6) is -0.537. The lowest BCUT2D eigenvalue weighted by Gasteiger charge is -2.32. The summed E-state index contributed by atoms with van der Waals surface area (Å²) in [5, 5.41) is 0. The van der Waals surface area contributed by atoms with Crippen LogP contribution in [0.5, 0.6) is 0 Å². The number of carbonyl (C=O) groups excluding carboxylic acids is 1. The van der Waals surface area contributed by atoms with Crippen molar-refractivity contribution in [3.8, 4) is 0 Å². The van der Waals surface area contributed by atoms with E-state index in [-0.39, 0.29) is 11.8 Å². The number of hydrogen-bond donors (Lipinski definition) is 0. The van der Waals surface area contributed by atoms with Crippen molar-refractivity contribution in [1.82, 2.24) is 0 Å². The molecule has 4 nitrogen and oxygen atoms in total. The van der Waals surface area contributed by atoms with E-state index in [9.17, 15) is 4.79 Å². The van der Waals surface area contributed by atoms with Gasteiger partial charge in [-0.1, -0.05) is 5.57 Å². The second-order valence-corrected chi connectivity index (χ2v) is 4.27. The highest BCUT2D eigenvalue weighted by atomic mass is 16.7. The Morgan fingerprint density at radius 1 is 1.38 bits per heavy atom. The van der Waals surface area contributed by atoms with Gasteiger partial charge in [-0.05, 0) is 18.9 Å². The molecule has 1 aliphatic heterocycles. The third-order valence-corrected chi connectivity index (χ3v) is 3.13. The summed E-state index contributed by atoms with van der Waals surface area (Å²) < 4.78 is 16.2. The van der Waals surface area contributed by atoms with E-state index in [2.05, 4.69) is 0 Å². The van der Waals surface area contributed by atoms with E-state index in [4.69, 9.17) is 14.2 Å². The number of ether oxygens (including phenoxy) is 3. The molecule has 1 heterocycles. The lowest BCUT2D eigenvalue weighted by atomic mass is 9.89. The Kier molecular flexibility index (Phi) is 3.61. The summed E-state index contributed by atoms with van der Waals surface area (Å²) in [6.07, 6.45) is 5.78. The fraction of sp³-hybridized carbons (Fsp3) is 0.750. The fourth-order valence-electron chi connectivity index (χ4n) is 2.22. The zero-order chi connectivity index (χ0) is 11.4. The molecule has 0 bridgehead atoms. The zero-order valence-corrected chi connectivity index (χ0v) is 9.66. The molecular weight excluding hydrogens is 208 g/mol. The molecule has 1 saturated carbocycles. The molecule has 0 aromatic carbocycles. The Hall–Kier alpha value is -0.870. The largest absolute Gasteiger partial charge is 0.462 e. The summed E-state index contributed by atoms with van der Waals surface area (Å²) in [5.41, 5.74) is 1.34. The maximum Gasteiger partial charge on any atom is 0.302 e. The van der Waals surface area contributed by atoms with Gasteiger partial charge in [0.05, 0.1) is 13.2 Å². The van der Waals surface area contributed by atoms with Crippen molar-refractivity contribution in [2.75, 3.05) is 19.8 Å². The van der Waals surface area contributed by atoms with E-state index >= 15 is 0 Å². The van der Waals surface area contributed by atoms with Gasteiger partial charge in [0, 0.05) is 19.8 Å². The zero-order valence-electron chi connectivity index (χ0n) is 9.66. The van der Waals surface area contributed by atoms with E-state index in [0.717, 1.165) is 25.7 Å². The molecule has 0 amide bonds. The summed E-state index contributed by atoms with van der Waals surface area (Å²) >= 11 is 0. The smallest absolute Gasteiger partial charge is 0.302 e. The van der Waals surface area contributed by atoms with Crippen molar-refractivity contribution in [3.63, 3.8) is 0 Å². The van der Waals surface area contributed by atoms with Gasteiger partial charge in [0.1, 0.15) is 6.61 Å². The van der Waals surface area contributed by atoms with Crippen LogP contribution >= 0.6 is 0 Å². The van der Waals surface area contributed by atoms with E-state index in [0.29, 0.717) is 19.8 Å². The van der Waals surface area contributed by atoms with Crippen molar-refractivity contribution in [1.29, 1.82) is 0 Å². The minimum absolute atomic E-state index is 0.230. The number of allylic oxidation sites excluding steroid dienone is 1. The van der Waals surface area contributed by atoms with Gasteiger partial charge in [-0.2, -0.15) is 0 Å². The highest BCUT2D eigenvalue weighted by Crippen LogP contribution is 2.37. The van der Waals surface area contributed by atoms with Gasteiger partial charge in [-0.25, -0.2) is 0 Å². The molecule has 0 aromatic heterocycles. The minimum atomic E-state index is -0.307. The Balaban J connectivity index is 1.78. The van der Waals surface area contributed by atoms with Crippen molar-refractivity contribution in [3.05, 3.63) is 11.6 Å². The monoisotopic (exact) mass is 226 g/mol. The lowest BCUT2D eigenvalue weighted by Crippen LogP contribution is -2.33. The Morgan fingerprint density at radius 2 is 2.00 bits per heavy atom. The average Bonchev–Trinajstić information content (AvgIpc) is 2.70. The summed E-state index contributed by atoms with van der Waals surface area (Å²) in [6, 6.07) is 0. The summed E-state index contributed by atoms with van der Waals surface area (Å²) in [6.45, 7) is 3.24. The first-order valence-corrected chi connectivity index (χ1v) is 5.79. The Labute approximate surface area is 95.6 Å². The minimum Gasteiger partial charge on any atom is -0.462 e. The first-order chi connectivity index (χ1) is 7.70. The van der Waals surface area contributed by atoms with Gasteiger partial charge in [-0.3, -0.25) is 4.79 Å². The summed E-state index contributed by atoms with van der Waals surface area (Å²) in [7, 11) is 0. The van der Waals surface area contributed by atoms with E-state index < -0.39 is 0 Å². The SMILES string of the molecule is CC(=O)OCC=C1CCC2(CC1)OCCO2. The maximum atomic E-state index is 10.6. The number of hydrogen-bond acceptors (Lipinski definition) is 4. The van der Waals surface area contributed by atoms with Crippen LogP contribution in [0, 0.1) is 0 Å². The van der Waals surface area contributed by atoms with Gasteiger partial charge >= 0.3 is 5.97 Å². The average molecular weight is 226 g/mol. The predicted molar refractivity (Wildman–Crippen MR) is 57.8 cm³/mol. The Bertz CT molecular complexity index is 277. The highest BCUT2D eigenvalue weighted by molar-refractivity contribution is 5.66. The van der Waals surface area contributed by atoms with E-state index in [1.807, 2.05) is 6.08 Å². The molecule has 1 aliphatic carbocycles. The highest BCUT2D eigenvalue weighted by Gasteiger charge is 2.38. The van der Waals surface area contributed by atoms with Crippen LogP contribution in [0.15, 0.2) is 11.6 Å². The molecule has 2 aliphatic rings. The molecule has 0 N–H and O–H groups in total. The van der Waals surface area contributed by atoms with Crippen LogP contribution in [0.4, 0.5) is 0 Å². The first-order valence-electron chi connectivity index (χ1n) is 5.79. The van der Waals surface area contributed by atoms with Gasteiger partial charge < -0.3 is 14.2 Å². The molecule has 16 heavy (non-hydrogen) atoms. The third kappa shape index (κ3) is 2.83. The molecule has 2 rings (SSSR count). The second-order valence-electron chi connectivity index (χ2n) is 4.27. The number of rotatable bonds is 2. The second kappa shape index (κ2) is 4.97. The molecule has 0 unspecified atom stereocenters. The van der Waals surface area contributed by atoms with E-state index in [1.54, 1.807) is 0 Å². The number of esters is 1. The molecule has 1 spiro atoms. The van der Waals surface area contributed by atoms with Crippen LogP contribution in [0.3, 0.4) is 0 Å². The molecular formula is C12H18O4. The third-order valence-electron chi connectivity index (χ3n) is 3.13. The van der Waals surface area contributed by atoms with Crippen LogP contribution in [-0.4, -0.2) is 31.6 Å². The topological polar surface area (TPSA) is 44.8 Å². The molecule has 4 heteroatoms. The molecule has 1 saturated heterocycles. The van der Waals surface area contributed by atoms with Gasteiger partial charge in [0.15, 0.2) is 5.79 Å². The van der Waals surface area contributed by atoms with Crippen LogP contribution in [0.2, 0.25) is 0 Å². The quantitative estimate of drug-likeness (QED) is 0.532. The standard InChI is InChI=1S/C12H18O4/c1-10(13)14-7-4-11-2-5-12(6-3-11)15-8-9-16-12/h4H,2-3,5-9H2,1H3. The Morgan fingerprint density at radius 3 is 2.56 bits per heavy atom. The summed E-state index contributed by atoms with van der Waals surface area (Å²) in [4.78, 5) is 10.6.